The van der Waals surface area contributed by atoms with E-state index in [4.69, 9.17) is 4.98 Å². The minimum Gasteiger partial charge on any atom is -0.355 e. The number of rotatable bonds is 3. The monoisotopic (exact) mass is 287 g/mol. The van der Waals surface area contributed by atoms with Gasteiger partial charge in [0.05, 0.1) is 0 Å². The zero-order valence-corrected chi connectivity index (χ0v) is 12.6. The van der Waals surface area contributed by atoms with E-state index in [0.717, 1.165) is 49.8 Å². The van der Waals surface area contributed by atoms with Crippen molar-refractivity contribution in [2.24, 2.45) is 11.8 Å². The van der Waals surface area contributed by atoms with Crippen molar-refractivity contribution in [2.45, 2.75) is 38.1 Å². The van der Waals surface area contributed by atoms with Crippen LogP contribution in [0.15, 0.2) is 12.3 Å². The fraction of sp³-hybridized carbons (Fsp3) is 0.750. The summed E-state index contributed by atoms with van der Waals surface area (Å²) in [5, 5.41) is 7.04. The van der Waals surface area contributed by atoms with Crippen molar-refractivity contribution in [3.8, 4) is 0 Å². The quantitative estimate of drug-likeness (QED) is 0.889. The van der Waals surface area contributed by atoms with Crippen LogP contribution < -0.4 is 15.5 Å². The maximum atomic E-state index is 4.76. The van der Waals surface area contributed by atoms with Crippen LogP contribution in [-0.4, -0.2) is 42.2 Å². The summed E-state index contributed by atoms with van der Waals surface area (Å²) in [6.07, 6.45) is 8.63. The number of nitrogens with one attached hydrogen (secondary N) is 2. The highest BCUT2D eigenvalue weighted by Crippen LogP contribution is 2.45. The minimum absolute atomic E-state index is 0.602. The molecule has 0 amide bonds. The fourth-order valence-electron chi connectivity index (χ4n) is 4.26. The summed E-state index contributed by atoms with van der Waals surface area (Å²) in [4.78, 5) is 11.6. The minimum atomic E-state index is 0.602. The van der Waals surface area contributed by atoms with Crippen LogP contribution in [0, 0.1) is 11.8 Å². The topological polar surface area (TPSA) is 53.1 Å². The Hall–Kier alpha value is -1.36. The number of hydrogen-bond donors (Lipinski definition) is 2. The molecule has 0 aromatic carbocycles. The van der Waals surface area contributed by atoms with Gasteiger partial charge in [0.25, 0.3) is 0 Å². The van der Waals surface area contributed by atoms with Gasteiger partial charge in [-0.3, -0.25) is 0 Å². The lowest BCUT2D eigenvalue weighted by Gasteiger charge is -2.24. The van der Waals surface area contributed by atoms with Crippen molar-refractivity contribution in [1.82, 2.24) is 15.3 Å². The van der Waals surface area contributed by atoms with Crippen LogP contribution in [0.25, 0.3) is 0 Å². The van der Waals surface area contributed by atoms with Crippen LogP contribution >= 0.6 is 0 Å². The summed E-state index contributed by atoms with van der Waals surface area (Å²) in [5.74, 6) is 3.69. The van der Waals surface area contributed by atoms with Gasteiger partial charge in [-0.1, -0.05) is 6.42 Å². The molecule has 3 unspecified atom stereocenters. The first-order valence-corrected chi connectivity index (χ1v) is 8.44. The third-order valence-electron chi connectivity index (χ3n) is 5.36. The van der Waals surface area contributed by atoms with Gasteiger partial charge in [-0.15, -0.1) is 0 Å². The van der Waals surface area contributed by atoms with E-state index in [-0.39, 0.29) is 0 Å². The zero-order chi connectivity index (χ0) is 14.1. The first-order chi connectivity index (χ1) is 10.4. The van der Waals surface area contributed by atoms with Crippen molar-refractivity contribution in [3.63, 3.8) is 0 Å². The second kappa shape index (κ2) is 5.79. The highest BCUT2D eigenvalue weighted by atomic mass is 15.2. The predicted molar refractivity (Wildman–Crippen MR) is 84.6 cm³/mol. The molecule has 3 atom stereocenters. The summed E-state index contributed by atoms with van der Waals surface area (Å²) >= 11 is 0. The molecule has 5 nitrogen and oxygen atoms in total. The fourth-order valence-corrected chi connectivity index (χ4v) is 4.26. The van der Waals surface area contributed by atoms with Crippen LogP contribution in [-0.2, 0) is 0 Å². The number of anilines is 2. The number of fused-ring (bicyclic) bond motifs is 2. The van der Waals surface area contributed by atoms with Gasteiger partial charge in [-0.05, 0) is 50.1 Å². The molecule has 2 aliphatic carbocycles. The Morgan fingerprint density at radius 3 is 3.05 bits per heavy atom. The summed E-state index contributed by atoms with van der Waals surface area (Å²) in [6, 6.07) is 2.64. The molecule has 0 spiro atoms. The van der Waals surface area contributed by atoms with Crippen LogP contribution in [0.1, 0.15) is 32.1 Å². The average Bonchev–Trinajstić information content (AvgIpc) is 3.01. The first kappa shape index (κ1) is 13.3. The molecule has 5 heteroatoms. The van der Waals surface area contributed by atoms with Crippen molar-refractivity contribution >= 4 is 11.8 Å². The van der Waals surface area contributed by atoms with Crippen molar-refractivity contribution in [1.29, 1.82) is 0 Å². The van der Waals surface area contributed by atoms with Crippen molar-refractivity contribution in [3.05, 3.63) is 12.3 Å². The molecular weight excluding hydrogens is 262 g/mol. The summed E-state index contributed by atoms with van der Waals surface area (Å²) < 4.78 is 0. The summed E-state index contributed by atoms with van der Waals surface area (Å²) in [5.41, 5.74) is 0. The second-order valence-electron chi connectivity index (χ2n) is 6.75. The molecule has 1 aromatic rings. The van der Waals surface area contributed by atoms with Gasteiger partial charge in [0.2, 0.25) is 5.95 Å². The summed E-state index contributed by atoms with van der Waals surface area (Å²) in [6.45, 7) is 4.26. The molecule has 2 bridgehead atoms. The standard InChI is InChI=1S/C16H25N5/c1-5-17-7-9-21(8-1)15-4-6-18-16(20-15)19-14-11-12-2-3-13(14)10-12/h4,6,12-14,17H,1-3,5,7-11H2,(H,18,19,20). The lowest BCUT2D eigenvalue weighted by Crippen LogP contribution is -2.30. The predicted octanol–water partition coefficient (Wildman–Crippen LogP) is 1.88. The first-order valence-electron chi connectivity index (χ1n) is 8.44. The second-order valence-corrected chi connectivity index (χ2v) is 6.75. The molecular formula is C16H25N5. The molecule has 2 heterocycles. The van der Waals surface area contributed by atoms with Crippen LogP contribution in [0.5, 0.6) is 0 Å². The number of aromatic nitrogens is 2. The van der Waals surface area contributed by atoms with E-state index in [1.165, 1.54) is 32.1 Å². The van der Waals surface area contributed by atoms with Crippen LogP contribution in [0.3, 0.4) is 0 Å². The lowest BCUT2D eigenvalue weighted by atomic mass is 9.95. The van der Waals surface area contributed by atoms with Gasteiger partial charge in [0.15, 0.2) is 0 Å². The van der Waals surface area contributed by atoms with Crippen molar-refractivity contribution in [2.75, 3.05) is 36.4 Å². The van der Waals surface area contributed by atoms with Gasteiger partial charge < -0.3 is 15.5 Å². The SMILES string of the molecule is c1cc(N2CCCNCC2)nc(NC2CC3CCC2C3)n1. The number of hydrogen-bond acceptors (Lipinski definition) is 5. The highest BCUT2D eigenvalue weighted by Gasteiger charge is 2.39. The van der Waals surface area contributed by atoms with E-state index < -0.39 is 0 Å². The molecule has 21 heavy (non-hydrogen) atoms. The molecule has 4 rings (SSSR count). The molecule has 3 fully saturated rings. The Morgan fingerprint density at radius 1 is 1.19 bits per heavy atom. The number of nitrogens with zero attached hydrogens (tertiary/aromatic N) is 3. The highest BCUT2D eigenvalue weighted by molar-refractivity contribution is 5.43. The maximum Gasteiger partial charge on any atom is 0.224 e. The summed E-state index contributed by atoms with van der Waals surface area (Å²) in [7, 11) is 0. The van der Waals surface area contributed by atoms with E-state index in [2.05, 4.69) is 20.5 Å². The largest absolute Gasteiger partial charge is 0.355 e. The Morgan fingerprint density at radius 2 is 2.19 bits per heavy atom. The third-order valence-corrected chi connectivity index (χ3v) is 5.36. The Balaban J connectivity index is 1.45. The van der Waals surface area contributed by atoms with Gasteiger partial charge in [-0.25, -0.2) is 4.98 Å². The lowest BCUT2D eigenvalue weighted by molar-refractivity contribution is 0.438. The molecule has 3 aliphatic rings. The molecule has 114 valence electrons. The van der Waals surface area contributed by atoms with Crippen LogP contribution in [0.4, 0.5) is 11.8 Å². The smallest absolute Gasteiger partial charge is 0.224 e. The van der Waals surface area contributed by atoms with E-state index in [1.54, 1.807) is 0 Å². The van der Waals surface area contributed by atoms with Gasteiger partial charge in [-0.2, -0.15) is 4.98 Å². The zero-order valence-electron chi connectivity index (χ0n) is 12.6. The van der Waals surface area contributed by atoms with E-state index >= 15 is 0 Å². The molecule has 0 radical (unpaired) electrons. The van der Waals surface area contributed by atoms with Gasteiger partial charge in [0, 0.05) is 31.9 Å². The maximum absolute atomic E-state index is 4.76. The van der Waals surface area contributed by atoms with Gasteiger partial charge in [0.1, 0.15) is 5.82 Å². The Bertz CT molecular complexity index is 483. The van der Waals surface area contributed by atoms with Crippen LogP contribution in [0.2, 0.25) is 0 Å². The molecule has 2 N–H and O–H groups in total. The normalized spacial score (nSPS) is 32.2. The third kappa shape index (κ3) is 2.84. The molecule has 1 aromatic heterocycles. The van der Waals surface area contributed by atoms with E-state index in [9.17, 15) is 0 Å². The molecule has 2 saturated carbocycles. The van der Waals surface area contributed by atoms with E-state index in [1.807, 2.05) is 12.3 Å². The van der Waals surface area contributed by atoms with Gasteiger partial charge >= 0.3 is 0 Å². The molecule has 1 saturated heterocycles. The Kier molecular flexibility index (Phi) is 3.67. The molecule has 1 aliphatic heterocycles. The average molecular weight is 287 g/mol. The van der Waals surface area contributed by atoms with Crippen molar-refractivity contribution < 1.29 is 0 Å². The Labute approximate surface area is 126 Å². The van der Waals surface area contributed by atoms with E-state index in [0.29, 0.717) is 6.04 Å².